The fourth-order valence-corrected chi connectivity index (χ4v) is 2.98. The van der Waals surface area contributed by atoms with E-state index in [-0.39, 0.29) is 17.7 Å². The van der Waals surface area contributed by atoms with Gasteiger partial charge in [0.05, 0.1) is 18.5 Å². The molecule has 0 unspecified atom stereocenters. The van der Waals surface area contributed by atoms with Gasteiger partial charge in [0.1, 0.15) is 11.9 Å². The highest BCUT2D eigenvalue weighted by Gasteiger charge is 2.42. The molecule has 2 aromatic heterocycles. The van der Waals surface area contributed by atoms with E-state index in [0.717, 1.165) is 0 Å². The second kappa shape index (κ2) is 6.07. The second-order valence-electron chi connectivity index (χ2n) is 5.60. The molecule has 8 nitrogen and oxygen atoms in total. The minimum absolute atomic E-state index is 0.162. The van der Waals surface area contributed by atoms with Crippen LogP contribution in [0.25, 0.3) is 17.2 Å². The maximum Gasteiger partial charge on any atom is 0.279 e. The summed E-state index contributed by atoms with van der Waals surface area (Å²) >= 11 is 0. The molecule has 1 aliphatic carbocycles. The first kappa shape index (κ1) is 15.6. The van der Waals surface area contributed by atoms with Crippen LogP contribution in [0.4, 0.5) is 0 Å². The predicted molar refractivity (Wildman–Crippen MR) is 83.6 cm³/mol. The van der Waals surface area contributed by atoms with E-state index >= 15 is 0 Å². The number of aromatic amines is 1. The molecule has 0 aromatic carbocycles. The van der Waals surface area contributed by atoms with E-state index in [4.69, 9.17) is 0 Å². The van der Waals surface area contributed by atoms with E-state index in [0.29, 0.717) is 17.9 Å². The molecule has 0 amide bonds. The lowest BCUT2D eigenvalue weighted by atomic mass is 10.1. The van der Waals surface area contributed by atoms with E-state index in [1.165, 1.54) is 6.33 Å². The Balaban J connectivity index is 2.08. The molecule has 23 heavy (non-hydrogen) atoms. The van der Waals surface area contributed by atoms with Crippen molar-refractivity contribution in [3.8, 4) is 0 Å². The Morgan fingerprint density at radius 1 is 1.43 bits per heavy atom. The lowest BCUT2D eigenvalue weighted by Gasteiger charge is -2.18. The average Bonchev–Trinajstić information content (AvgIpc) is 3.08. The van der Waals surface area contributed by atoms with Gasteiger partial charge >= 0.3 is 0 Å². The van der Waals surface area contributed by atoms with Crippen molar-refractivity contribution >= 4 is 17.2 Å². The maximum atomic E-state index is 12.1. The fraction of sp³-hybridized carbons (Fsp3) is 0.400. The zero-order chi connectivity index (χ0) is 16.6. The average molecular weight is 318 g/mol. The number of rotatable bonds is 4. The monoisotopic (exact) mass is 318 g/mol. The number of hydrogen-bond acceptors (Lipinski definition) is 6. The Kier molecular flexibility index (Phi) is 4.12. The van der Waals surface area contributed by atoms with Gasteiger partial charge in [-0.2, -0.15) is 0 Å². The fourth-order valence-electron chi connectivity index (χ4n) is 2.98. The summed E-state index contributed by atoms with van der Waals surface area (Å²) < 4.78 is 1.58. The molecule has 0 saturated heterocycles. The third-order valence-corrected chi connectivity index (χ3v) is 4.20. The van der Waals surface area contributed by atoms with Gasteiger partial charge in [0.2, 0.25) is 0 Å². The molecule has 8 heteroatoms. The van der Waals surface area contributed by atoms with Gasteiger partial charge in [0, 0.05) is 12.5 Å². The number of imidazole rings is 1. The zero-order valence-corrected chi connectivity index (χ0v) is 12.3. The highest BCUT2D eigenvalue weighted by Crippen LogP contribution is 2.36. The summed E-state index contributed by atoms with van der Waals surface area (Å²) in [5.41, 5.74) is 0.103. The number of aliphatic hydroxyl groups is 3. The van der Waals surface area contributed by atoms with Gasteiger partial charge in [0.15, 0.2) is 11.2 Å². The van der Waals surface area contributed by atoms with Crippen molar-refractivity contribution < 1.29 is 15.3 Å². The van der Waals surface area contributed by atoms with Crippen LogP contribution in [0.5, 0.6) is 0 Å². The summed E-state index contributed by atoms with van der Waals surface area (Å²) in [6, 6.07) is -0.502. The SMILES string of the molecule is C=C/C=C/c1nc2c(ncn2[C@@H]2C[C@H](CO)[C@@H](O)[C@H]2O)c(=O)[nH]1. The maximum absolute atomic E-state index is 12.1. The molecule has 0 bridgehead atoms. The minimum atomic E-state index is -1.06. The Hall–Kier alpha value is -2.29. The largest absolute Gasteiger partial charge is 0.396 e. The van der Waals surface area contributed by atoms with Crippen LogP contribution in [0.1, 0.15) is 18.3 Å². The van der Waals surface area contributed by atoms with Crippen LogP contribution < -0.4 is 5.56 Å². The third kappa shape index (κ3) is 2.61. The van der Waals surface area contributed by atoms with Crippen molar-refractivity contribution in [3.05, 3.63) is 41.2 Å². The number of aliphatic hydroxyl groups excluding tert-OH is 3. The molecule has 122 valence electrons. The number of nitrogens with zero attached hydrogens (tertiary/aromatic N) is 3. The van der Waals surface area contributed by atoms with Crippen LogP contribution in [0.15, 0.2) is 29.9 Å². The summed E-state index contributed by atoms with van der Waals surface area (Å²) in [6.07, 6.45) is 4.51. The van der Waals surface area contributed by atoms with E-state index < -0.39 is 24.2 Å². The molecular weight excluding hydrogens is 300 g/mol. The first-order chi connectivity index (χ1) is 11.1. The van der Waals surface area contributed by atoms with Gasteiger partial charge in [-0.1, -0.05) is 18.7 Å². The first-order valence-electron chi connectivity index (χ1n) is 7.29. The van der Waals surface area contributed by atoms with E-state index in [1.54, 1.807) is 22.8 Å². The molecule has 1 saturated carbocycles. The highest BCUT2D eigenvalue weighted by molar-refractivity contribution is 5.70. The van der Waals surface area contributed by atoms with Gasteiger partial charge in [0.25, 0.3) is 5.56 Å². The van der Waals surface area contributed by atoms with Crippen molar-refractivity contribution in [2.45, 2.75) is 24.7 Å². The van der Waals surface area contributed by atoms with Crippen LogP contribution >= 0.6 is 0 Å². The van der Waals surface area contributed by atoms with E-state index in [9.17, 15) is 20.1 Å². The minimum Gasteiger partial charge on any atom is -0.396 e. The summed E-state index contributed by atoms with van der Waals surface area (Å²) in [6.45, 7) is 3.34. The lowest BCUT2D eigenvalue weighted by molar-refractivity contribution is -0.00370. The predicted octanol–water partition coefficient (Wildman–Crippen LogP) is -0.406. The second-order valence-corrected chi connectivity index (χ2v) is 5.60. The molecule has 0 spiro atoms. The molecule has 1 fully saturated rings. The van der Waals surface area contributed by atoms with Crippen LogP contribution in [0.2, 0.25) is 0 Å². The summed E-state index contributed by atoms with van der Waals surface area (Å²) in [4.78, 5) is 23.1. The van der Waals surface area contributed by atoms with Gasteiger partial charge in [-0.25, -0.2) is 9.97 Å². The molecular formula is C15H18N4O4. The molecule has 0 radical (unpaired) electrons. The first-order valence-corrected chi connectivity index (χ1v) is 7.29. The Morgan fingerprint density at radius 2 is 2.22 bits per heavy atom. The van der Waals surface area contributed by atoms with Gasteiger partial charge < -0.3 is 24.9 Å². The van der Waals surface area contributed by atoms with Crippen molar-refractivity contribution in [1.82, 2.24) is 19.5 Å². The van der Waals surface area contributed by atoms with Crippen molar-refractivity contribution in [2.75, 3.05) is 6.61 Å². The molecule has 4 atom stereocenters. The normalized spacial score (nSPS) is 28.0. The Morgan fingerprint density at radius 3 is 2.87 bits per heavy atom. The molecule has 3 rings (SSSR count). The van der Waals surface area contributed by atoms with Crippen LogP contribution in [-0.4, -0.2) is 53.7 Å². The van der Waals surface area contributed by atoms with Crippen molar-refractivity contribution in [1.29, 1.82) is 0 Å². The smallest absolute Gasteiger partial charge is 0.279 e. The van der Waals surface area contributed by atoms with Crippen molar-refractivity contribution in [3.63, 3.8) is 0 Å². The van der Waals surface area contributed by atoms with Gasteiger partial charge in [-0.15, -0.1) is 0 Å². The molecule has 4 N–H and O–H groups in total. The van der Waals surface area contributed by atoms with E-state index in [1.807, 2.05) is 0 Å². The summed E-state index contributed by atoms with van der Waals surface area (Å²) in [5, 5.41) is 29.5. The van der Waals surface area contributed by atoms with Crippen molar-refractivity contribution in [2.24, 2.45) is 5.92 Å². The lowest BCUT2D eigenvalue weighted by Crippen LogP contribution is -2.30. The van der Waals surface area contributed by atoms with E-state index in [2.05, 4.69) is 21.5 Å². The number of allylic oxidation sites excluding steroid dienone is 2. The zero-order valence-electron chi connectivity index (χ0n) is 12.3. The highest BCUT2D eigenvalue weighted by atomic mass is 16.3. The van der Waals surface area contributed by atoms with Gasteiger partial charge in [-0.05, 0) is 12.5 Å². The standard InChI is InChI=1S/C15H18N4O4/c1-2-3-4-10-17-14-11(15(23)18-10)16-7-19(14)9-5-8(6-20)12(21)13(9)22/h2-4,7-9,12-13,20-22H,1,5-6H2,(H,17,18,23)/b4-3+/t8-,9-,12-,13+/m1/s1. The number of hydrogen-bond donors (Lipinski definition) is 4. The molecule has 0 aliphatic heterocycles. The van der Waals surface area contributed by atoms with Crippen LogP contribution in [-0.2, 0) is 0 Å². The number of H-pyrrole nitrogens is 1. The van der Waals surface area contributed by atoms with Crippen LogP contribution in [0, 0.1) is 5.92 Å². The number of aromatic nitrogens is 4. The Labute approximate surface area is 131 Å². The summed E-state index contributed by atoms with van der Waals surface area (Å²) in [5.74, 6) is -0.0783. The summed E-state index contributed by atoms with van der Waals surface area (Å²) in [7, 11) is 0. The van der Waals surface area contributed by atoms with Gasteiger partial charge in [-0.3, -0.25) is 4.79 Å². The number of nitrogens with one attached hydrogen (secondary N) is 1. The number of fused-ring (bicyclic) bond motifs is 1. The quantitative estimate of drug-likeness (QED) is 0.568. The topological polar surface area (TPSA) is 124 Å². The molecule has 2 heterocycles. The molecule has 2 aromatic rings. The molecule has 1 aliphatic rings. The van der Waals surface area contributed by atoms with Crippen LogP contribution in [0.3, 0.4) is 0 Å². The Bertz CT molecular complexity index is 809. The third-order valence-electron chi connectivity index (χ3n) is 4.20.